The van der Waals surface area contributed by atoms with E-state index in [4.69, 9.17) is 4.74 Å². The lowest BCUT2D eigenvalue weighted by atomic mass is 10.2. The van der Waals surface area contributed by atoms with Crippen LogP contribution in [0.5, 0.6) is 0 Å². The van der Waals surface area contributed by atoms with Gasteiger partial charge in [0.25, 0.3) is 0 Å². The van der Waals surface area contributed by atoms with Crippen molar-refractivity contribution in [3.05, 3.63) is 18.0 Å². The number of rotatable bonds is 6. The molecule has 0 spiro atoms. The first-order valence-electron chi connectivity index (χ1n) is 5.54. The van der Waals surface area contributed by atoms with E-state index in [1.165, 1.54) is 0 Å². The van der Waals surface area contributed by atoms with Gasteiger partial charge in [0.15, 0.2) is 0 Å². The van der Waals surface area contributed by atoms with Crippen LogP contribution in [-0.4, -0.2) is 28.4 Å². The van der Waals surface area contributed by atoms with Crippen molar-refractivity contribution in [2.24, 2.45) is 7.05 Å². The number of aromatic nitrogens is 2. The smallest absolute Gasteiger partial charge is 0.323 e. The Balaban J connectivity index is 2.42. The zero-order valence-electron chi connectivity index (χ0n) is 10.1. The fourth-order valence-electron chi connectivity index (χ4n) is 1.44. The maximum absolute atomic E-state index is 11.5. The van der Waals surface area contributed by atoms with E-state index in [2.05, 4.69) is 10.4 Å². The Labute approximate surface area is 95.8 Å². The van der Waals surface area contributed by atoms with Gasteiger partial charge in [-0.2, -0.15) is 5.10 Å². The van der Waals surface area contributed by atoms with Gasteiger partial charge in [0.1, 0.15) is 6.04 Å². The van der Waals surface area contributed by atoms with Gasteiger partial charge >= 0.3 is 5.97 Å². The standard InChI is InChI=1S/C11H19N3O2/c1-4-10(11(15)16-5-2)12-6-9-7-13-14(3)8-9/h7-8,10,12H,4-6H2,1-3H3. The number of ether oxygens (including phenoxy) is 1. The van der Waals surface area contributed by atoms with Crippen molar-refractivity contribution in [2.75, 3.05) is 6.61 Å². The summed E-state index contributed by atoms with van der Waals surface area (Å²) < 4.78 is 6.70. The first-order chi connectivity index (χ1) is 7.67. The van der Waals surface area contributed by atoms with E-state index in [1.807, 2.05) is 27.1 Å². The van der Waals surface area contributed by atoms with Crippen molar-refractivity contribution in [2.45, 2.75) is 32.9 Å². The Morgan fingerprint density at radius 1 is 1.62 bits per heavy atom. The number of esters is 1. The summed E-state index contributed by atoms with van der Waals surface area (Å²) in [5.41, 5.74) is 1.06. The van der Waals surface area contributed by atoms with E-state index < -0.39 is 0 Å². The highest BCUT2D eigenvalue weighted by molar-refractivity contribution is 5.75. The van der Waals surface area contributed by atoms with Crippen molar-refractivity contribution >= 4 is 5.97 Å². The van der Waals surface area contributed by atoms with E-state index in [9.17, 15) is 4.79 Å². The third kappa shape index (κ3) is 3.66. The second-order valence-corrected chi connectivity index (χ2v) is 3.62. The van der Waals surface area contributed by atoms with Gasteiger partial charge in [-0.15, -0.1) is 0 Å². The lowest BCUT2D eigenvalue weighted by molar-refractivity contribution is -0.145. The molecule has 1 aromatic rings. The fraction of sp³-hybridized carbons (Fsp3) is 0.636. The predicted octanol–water partition coefficient (Wildman–Crippen LogP) is 0.851. The highest BCUT2D eigenvalue weighted by Gasteiger charge is 2.16. The van der Waals surface area contributed by atoms with E-state index in [0.29, 0.717) is 13.2 Å². The average Bonchev–Trinajstić information content (AvgIpc) is 2.65. The van der Waals surface area contributed by atoms with Crippen molar-refractivity contribution in [3.63, 3.8) is 0 Å². The van der Waals surface area contributed by atoms with Gasteiger partial charge in [0.2, 0.25) is 0 Å². The second kappa shape index (κ2) is 6.27. The molecule has 0 saturated heterocycles. The molecule has 0 radical (unpaired) electrons. The number of carbonyl (C=O) groups excluding carboxylic acids is 1. The summed E-state index contributed by atoms with van der Waals surface area (Å²) in [6.45, 7) is 4.82. The normalized spacial score (nSPS) is 12.4. The fourth-order valence-corrected chi connectivity index (χ4v) is 1.44. The minimum atomic E-state index is -0.236. The van der Waals surface area contributed by atoms with Crippen molar-refractivity contribution < 1.29 is 9.53 Å². The predicted molar refractivity (Wildman–Crippen MR) is 60.8 cm³/mol. The largest absolute Gasteiger partial charge is 0.465 e. The first kappa shape index (κ1) is 12.7. The summed E-state index contributed by atoms with van der Waals surface area (Å²) in [4.78, 5) is 11.5. The van der Waals surface area contributed by atoms with Gasteiger partial charge in [-0.05, 0) is 13.3 Å². The summed E-state index contributed by atoms with van der Waals surface area (Å²) in [6, 6.07) is -0.236. The van der Waals surface area contributed by atoms with Crippen LogP contribution in [0.15, 0.2) is 12.4 Å². The van der Waals surface area contributed by atoms with Crippen LogP contribution in [0.4, 0.5) is 0 Å². The number of hydrogen-bond acceptors (Lipinski definition) is 4. The van der Waals surface area contributed by atoms with Gasteiger partial charge in [-0.1, -0.05) is 6.92 Å². The van der Waals surface area contributed by atoms with Gasteiger partial charge in [0, 0.05) is 25.4 Å². The zero-order chi connectivity index (χ0) is 12.0. The number of carbonyl (C=O) groups is 1. The quantitative estimate of drug-likeness (QED) is 0.729. The molecule has 0 aliphatic rings. The number of nitrogens with one attached hydrogen (secondary N) is 1. The van der Waals surface area contributed by atoms with Crippen LogP contribution in [0.3, 0.4) is 0 Å². The highest BCUT2D eigenvalue weighted by Crippen LogP contribution is 2.00. The Hall–Kier alpha value is -1.36. The number of nitrogens with zero attached hydrogens (tertiary/aromatic N) is 2. The van der Waals surface area contributed by atoms with Crippen LogP contribution in [-0.2, 0) is 23.1 Å². The number of hydrogen-bond donors (Lipinski definition) is 1. The third-order valence-electron chi connectivity index (χ3n) is 2.29. The van der Waals surface area contributed by atoms with Gasteiger partial charge < -0.3 is 10.1 Å². The summed E-state index contributed by atoms with van der Waals surface area (Å²) >= 11 is 0. The maximum Gasteiger partial charge on any atom is 0.323 e. The van der Waals surface area contributed by atoms with Crippen molar-refractivity contribution in [1.82, 2.24) is 15.1 Å². The monoisotopic (exact) mass is 225 g/mol. The molecule has 0 aliphatic carbocycles. The molecule has 1 unspecified atom stereocenters. The molecule has 16 heavy (non-hydrogen) atoms. The Morgan fingerprint density at radius 3 is 2.88 bits per heavy atom. The van der Waals surface area contributed by atoms with Crippen LogP contribution < -0.4 is 5.32 Å². The topological polar surface area (TPSA) is 56.1 Å². The minimum absolute atomic E-state index is 0.186. The van der Waals surface area contributed by atoms with E-state index in [1.54, 1.807) is 10.9 Å². The summed E-state index contributed by atoms with van der Waals surface area (Å²) in [5, 5.41) is 7.22. The van der Waals surface area contributed by atoms with Crippen LogP contribution in [0, 0.1) is 0 Å². The van der Waals surface area contributed by atoms with Crippen molar-refractivity contribution in [3.8, 4) is 0 Å². The molecule has 5 nitrogen and oxygen atoms in total. The minimum Gasteiger partial charge on any atom is -0.465 e. The van der Waals surface area contributed by atoms with E-state index in [0.717, 1.165) is 12.0 Å². The van der Waals surface area contributed by atoms with Gasteiger partial charge in [0.05, 0.1) is 12.8 Å². The molecule has 1 atom stereocenters. The van der Waals surface area contributed by atoms with Gasteiger partial charge in [-0.3, -0.25) is 9.48 Å². The van der Waals surface area contributed by atoms with Gasteiger partial charge in [-0.25, -0.2) is 0 Å². The lowest BCUT2D eigenvalue weighted by Gasteiger charge is -2.14. The number of aryl methyl sites for hydroxylation is 1. The highest BCUT2D eigenvalue weighted by atomic mass is 16.5. The Morgan fingerprint density at radius 2 is 2.38 bits per heavy atom. The molecule has 0 aliphatic heterocycles. The van der Waals surface area contributed by atoms with Crippen LogP contribution in [0.2, 0.25) is 0 Å². The molecule has 1 heterocycles. The lowest BCUT2D eigenvalue weighted by Crippen LogP contribution is -2.37. The molecule has 90 valence electrons. The maximum atomic E-state index is 11.5. The molecule has 0 saturated carbocycles. The molecule has 0 amide bonds. The molecular weight excluding hydrogens is 206 g/mol. The zero-order valence-corrected chi connectivity index (χ0v) is 10.1. The molecule has 1 aromatic heterocycles. The summed E-state index contributed by atoms with van der Waals surface area (Å²) in [5.74, 6) is -0.186. The molecule has 0 bridgehead atoms. The molecule has 0 aromatic carbocycles. The molecular formula is C11H19N3O2. The van der Waals surface area contributed by atoms with Crippen LogP contribution >= 0.6 is 0 Å². The van der Waals surface area contributed by atoms with Crippen molar-refractivity contribution in [1.29, 1.82) is 0 Å². The Bertz CT molecular complexity index is 336. The first-order valence-corrected chi connectivity index (χ1v) is 5.54. The van der Waals surface area contributed by atoms with Crippen LogP contribution in [0.1, 0.15) is 25.8 Å². The van der Waals surface area contributed by atoms with E-state index in [-0.39, 0.29) is 12.0 Å². The SMILES string of the molecule is CCOC(=O)C(CC)NCc1cnn(C)c1. The summed E-state index contributed by atoms with van der Waals surface area (Å²) in [6.07, 6.45) is 4.43. The second-order valence-electron chi connectivity index (χ2n) is 3.62. The molecule has 0 fully saturated rings. The van der Waals surface area contributed by atoms with Crippen LogP contribution in [0.25, 0.3) is 0 Å². The average molecular weight is 225 g/mol. The molecule has 1 rings (SSSR count). The molecule has 5 heteroatoms. The Kier molecular flexibility index (Phi) is 4.98. The third-order valence-corrected chi connectivity index (χ3v) is 2.29. The van der Waals surface area contributed by atoms with E-state index >= 15 is 0 Å². The summed E-state index contributed by atoms with van der Waals surface area (Å²) in [7, 11) is 1.87. The molecule has 1 N–H and O–H groups in total.